The second-order valence-electron chi connectivity index (χ2n) is 6.66. The first-order valence-corrected chi connectivity index (χ1v) is 8.17. The van der Waals surface area contributed by atoms with Crippen molar-refractivity contribution in [3.63, 3.8) is 0 Å². The van der Waals surface area contributed by atoms with E-state index in [1.165, 1.54) is 17.0 Å². The molecule has 148 valence electrons. The summed E-state index contributed by atoms with van der Waals surface area (Å²) in [6.45, 7) is 1.64. The van der Waals surface area contributed by atoms with Gasteiger partial charge < -0.3 is 15.0 Å². The Hall–Kier alpha value is -2.23. The molecular formula is C17H16F6N2O2. The predicted molar refractivity (Wildman–Crippen MR) is 86.6 cm³/mol. The van der Waals surface area contributed by atoms with Crippen LogP contribution in [-0.2, 0) is 6.18 Å². The van der Waals surface area contributed by atoms with E-state index in [1.807, 2.05) is 0 Å². The van der Waals surface area contributed by atoms with Crippen molar-refractivity contribution in [1.82, 2.24) is 4.98 Å². The number of hydrogen-bond acceptors (Lipinski definition) is 3. The number of fused-ring (bicyclic) bond motifs is 1. The number of anilines is 1. The van der Waals surface area contributed by atoms with Gasteiger partial charge in [0.05, 0.1) is 11.6 Å². The topological polar surface area (TPSA) is 56.3 Å². The molecule has 0 bridgehead atoms. The number of nitrogens with zero attached hydrogens (tertiary/aromatic N) is 1. The van der Waals surface area contributed by atoms with Gasteiger partial charge in [-0.05, 0) is 38.0 Å². The summed E-state index contributed by atoms with van der Waals surface area (Å²) in [6, 6.07) is 2.39. The number of pyridine rings is 1. The summed E-state index contributed by atoms with van der Waals surface area (Å²) in [6.07, 6.45) is -11.8. The number of rotatable bonds is 2. The Kier molecular flexibility index (Phi) is 4.65. The molecule has 2 aromatic rings. The summed E-state index contributed by atoms with van der Waals surface area (Å²) in [5, 5.41) is 9.35. The molecule has 0 amide bonds. The number of benzene rings is 1. The molecule has 1 aliphatic rings. The van der Waals surface area contributed by atoms with E-state index in [1.54, 1.807) is 6.92 Å². The highest BCUT2D eigenvalue weighted by molar-refractivity contribution is 5.86. The van der Waals surface area contributed by atoms with Gasteiger partial charge in [-0.15, -0.1) is 0 Å². The maximum absolute atomic E-state index is 13.3. The van der Waals surface area contributed by atoms with Gasteiger partial charge in [-0.25, -0.2) is 0 Å². The molecule has 3 unspecified atom stereocenters. The van der Waals surface area contributed by atoms with Gasteiger partial charge in [0.1, 0.15) is 0 Å². The molecule has 1 aromatic heterocycles. The van der Waals surface area contributed by atoms with Gasteiger partial charge in [0.25, 0.3) is 0 Å². The fraction of sp³-hybridized carbons (Fsp3) is 0.471. The van der Waals surface area contributed by atoms with Crippen LogP contribution < -0.4 is 10.5 Å². The minimum atomic E-state index is -4.84. The first kappa shape index (κ1) is 19.5. The van der Waals surface area contributed by atoms with E-state index in [0.717, 1.165) is 6.07 Å². The minimum absolute atomic E-state index is 0.0532. The van der Waals surface area contributed by atoms with E-state index >= 15 is 0 Å². The summed E-state index contributed by atoms with van der Waals surface area (Å²) in [4.78, 5) is 15.1. The lowest BCUT2D eigenvalue weighted by atomic mass is 10.0. The first-order valence-electron chi connectivity index (χ1n) is 8.17. The Morgan fingerprint density at radius 3 is 2.41 bits per heavy atom. The smallest absolute Gasteiger partial charge is 0.382 e. The highest BCUT2D eigenvalue weighted by Crippen LogP contribution is 2.39. The fourth-order valence-electron chi connectivity index (χ4n) is 3.63. The van der Waals surface area contributed by atoms with Crippen LogP contribution in [0, 0.1) is 0 Å². The van der Waals surface area contributed by atoms with Crippen LogP contribution in [0.5, 0.6) is 0 Å². The Balaban J connectivity index is 2.13. The lowest BCUT2D eigenvalue weighted by Crippen LogP contribution is -2.48. The molecule has 3 rings (SSSR count). The molecule has 4 nitrogen and oxygen atoms in total. The molecule has 0 aliphatic carbocycles. The van der Waals surface area contributed by atoms with E-state index in [4.69, 9.17) is 0 Å². The van der Waals surface area contributed by atoms with Crippen molar-refractivity contribution in [2.24, 2.45) is 0 Å². The van der Waals surface area contributed by atoms with E-state index in [2.05, 4.69) is 4.98 Å². The van der Waals surface area contributed by atoms with E-state index in [0.29, 0.717) is 12.5 Å². The van der Waals surface area contributed by atoms with Crippen LogP contribution >= 0.6 is 0 Å². The number of halogens is 6. The minimum Gasteiger partial charge on any atom is -0.382 e. The van der Waals surface area contributed by atoms with Crippen molar-refractivity contribution in [3.8, 4) is 0 Å². The molecular weight excluding hydrogens is 378 g/mol. The van der Waals surface area contributed by atoms with Crippen LogP contribution in [0.1, 0.15) is 25.3 Å². The monoisotopic (exact) mass is 394 g/mol. The zero-order valence-corrected chi connectivity index (χ0v) is 14.0. The van der Waals surface area contributed by atoms with Crippen molar-refractivity contribution >= 4 is 16.6 Å². The molecule has 0 saturated carbocycles. The number of aliphatic hydroxyl groups is 1. The first-order chi connectivity index (χ1) is 12.4. The maximum Gasteiger partial charge on any atom is 0.417 e. The molecule has 0 radical (unpaired) electrons. The summed E-state index contributed by atoms with van der Waals surface area (Å²) in [5.41, 5.74) is -2.04. The molecule has 1 fully saturated rings. The summed E-state index contributed by atoms with van der Waals surface area (Å²) >= 11 is 0. The van der Waals surface area contributed by atoms with Gasteiger partial charge in [-0.2, -0.15) is 26.3 Å². The molecule has 1 aromatic carbocycles. The second kappa shape index (κ2) is 6.43. The van der Waals surface area contributed by atoms with Crippen molar-refractivity contribution in [3.05, 3.63) is 40.2 Å². The Morgan fingerprint density at radius 1 is 1.15 bits per heavy atom. The summed E-state index contributed by atoms with van der Waals surface area (Å²) in [7, 11) is 0. The van der Waals surface area contributed by atoms with Gasteiger partial charge in [-0.3, -0.25) is 4.79 Å². The number of aromatic amines is 1. The normalized spacial score (nSPS) is 22.4. The Morgan fingerprint density at radius 2 is 1.81 bits per heavy atom. The van der Waals surface area contributed by atoms with Gasteiger partial charge in [0.2, 0.25) is 5.56 Å². The lowest BCUT2D eigenvalue weighted by molar-refractivity contribution is -0.209. The van der Waals surface area contributed by atoms with E-state index in [9.17, 15) is 36.2 Å². The third-order valence-electron chi connectivity index (χ3n) is 4.84. The number of alkyl halides is 6. The van der Waals surface area contributed by atoms with Crippen molar-refractivity contribution in [2.45, 2.75) is 50.3 Å². The third kappa shape index (κ3) is 3.62. The molecule has 1 saturated heterocycles. The van der Waals surface area contributed by atoms with Crippen LogP contribution in [0.2, 0.25) is 0 Å². The zero-order chi connectivity index (χ0) is 20.1. The molecule has 2 N–H and O–H groups in total. The highest BCUT2D eigenvalue weighted by Gasteiger charge is 2.48. The molecule has 0 spiro atoms. The van der Waals surface area contributed by atoms with Crippen LogP contribution in [0.25, 0.3) is 10.9 Å². The molecule has 10 heteroatoms. The van der Waals surface area contributed by atoms with Crippen LogP contribution in [-0.4, -0.2) is 34.5 Å². The zero-order valence-electron chi connectivity index (χ0n) is 14.0. The van der Waals surface area contributed by atoms with E-state index in [-0.39, 0.29) is 23.0 Å². The van der Waals surface area contributed by atoms with Crippen molar-refractivity contribution < 1.29 is 31.4 Å². The Labute approximate surface area is 149 Å². The van der Waals surface area contributed by atoms with Gasteiger partial charge in [-0.1, -0.05) is 0 Å². The molecule has 27 heavy (non-hydrogen) atoms. The van der Waals surface area contributed by atoms with Gasteiger partial charge >= 0.3 is 12.4 Å². The average Bonchev–Trinajstić information content (AvgIpc) is 2.92. The SMILES string of the molecule is CC1CCC(C(O)C(F)(F)F)N1c1ccc2[nH]c(=O)cc(C(F)(F)F)c2c1. The summed E-state index contributed by atoms with van der Waals surface area (Å²) < 4.78 is 78.8. The largest absolute Gasteiger partial charge is 0.417 e. The predicted octanol–water partition coefficient (Wildman–Crippen LogP) is 3.83. The lowest BCUT2D eigenvalue weighted by Gasteiger charge is -2.34. The number of aliphatic hydroxyl groups excluding tert-OH is 1. The number of hydrogen-bond donors (Lipinski definition) is 2. The number of nitrogens with one attached hydrogen (secondary N) is 1. The molecule has 1 aliphatic heterocycles. The average molecular weight is 394 g/mol. The quantitative estimate of drug-likeness (QED) is 0.762. The number of aromatic nitrogens is 1. The molecule has 2 heterocycles. The Bertz CT molecular complexity index is 905. The standard InChI is InChI=1S/C17H16F6N2O2/c1-8-2-5-13(15(27)17(21,22)23)25(8)9-3-4-12-10(6-9)11(16(18,19)20)7-14(26)24-12/h3-4,6-8,13,15,27H,2,5H2,1H3,(H,24,26). The van der Waals surface area contributed by atoms with Gasteiger partial charge in [0, 0.05) is 28.7 Å². The fourth-order valence-corrected chi connectivity index (χ4v) is 3.63. The maximum atomic E-state index is 13.3. The van der Waals surface area contributed by atoms with Gasteiger partial charge in [0.15, 0.2) is 6.10 Å². The van der Waals surface area contributed by atoms with Crippen LogP contribution in [0.3, 0.4) is 0 Å². The van der Waals surface area contributed by atoms with Crippen molar-refractivity contribution in [2.75, 3.05) is 4.90 Å². The van der Waals surface area contributed by atoms with E-state index < -0.39 is 41.7 Å². The highest BCUT2D eigenvalue weighted by atomic mass is 19.4. The van der Waals surface area contributed by atoms with Crippen molar-refractivity contribution in [1.29, 1.82) is 0 Å². The van der Waals surface area contributed by atoms with Crippen LogP contribution in [0.4, 0.5) is 32.0 Å². The third-order valence-corrected chi connectivity index (χ3v) is 4.84. The summed E-state index contributed by atoms with van der Waals surface area (Å²) in [5.74, 6) is 0. The second-order valence-corrected chi connectivity index (χ2v) is 6.66. The van der Waals surface area contributed by atoms with Crippen LogP contribution in [0.15, 0.2) is 29.1 Å². The molecule has 3 atom stereocenters. The number of H-pyrrole nitrogens is 1.